The molecular weight excluding hydrogens is 188 g/mol. The van der Waals surface area contributed by atoms with E-state index in [1.807, 2.05) is 13.0 Å². The molecule has 0 aliphatic heterocycles. The number of rotatable bonds is 3. The zero-order valence-electron chi connectivity index (χ0n) is 9.03. The fourth-order valence-electron chi connectivity index (χ4n) is 1.29. The van der Waals surface area contributed by atoms with Gasteiger partial charge in [-0.2, -0.15) is 5.26 Å². The summed E-state index contributed by atoms with van der Waals surface area (Å²) in [5, 5.41) is 8.63. The number of nitriles is 1. The van der Waals surface area contributed by atoms with Crippen molar-refractivity contribution < 1.29 is 4.79 Å². The van der Waals surface area contributed by atoms with Crippen molar-refractivity contribution in [3.8, 4) is 6.07 Å². The van der Waals surface area contributed by atoms with Crippen LogP contribution in [0.5, 0.6) is 0 Å². The molecule has 0 N–H and O–H groups in total. The van der Waals surface area contributed by atoms with E-state index in [4.69, 9.17) is 5.26 Å². The quantitative estimate of drug-likeness (QED) is 0.755. The van der Waals surface area contributed by atoms with E-state index in [0.29, 0.717) is 12.0 Å². The monoisotopic (exact) mass is 202 g/mol. The highest BCUT2D eigenvalue weighted by Gasteiger charge is 2.08. The molecule has 0 bridgehead atoms. The van der Waals surface area contributed by atoms with Gasteiger partial charge in [0.1, 0.15) is 0 Å². The zero-order valence-corrected chi connectivity index (χ0v) is 9.03. The third-order valence-corrected chi connectivity index (χ3v) is 2.22. The van der Waals surface area contributed by atoms with Crippen molar-refractivity contribution in [2.45, 2.75) is 19.8 Å². The maximum Gasteiger partial charge on any atom is 0.226 e. The first-order valence-corrected chi connectivity index (χ1v) is 4.95. The second-order valence-corrected chi connectivity index (χ2v) is 3.36. The van der Waals surface area contributed by atoms with Crippen LogP contribution in [0.15, 0.2) is 24.3 Å². The van der Waals surface area contributed by atoms with Crippen molar-refractivity contribution in [3.05, 3.63) is 29.8 Å². The van der Waals surface area contributed by atoms with Gasteiger partial charge in [0.05, 0.1) is 11.6 Å². The maximum absolute atomic E-state index is 11.6. The van der Waals surface area contributed by atoms with Crippen LogP contribution in [0.3, 0.4) is 0 Å². The molecule has 3 nitrogen and oxygen atoms in total. The average Bonchev–Trinajstić information content (AvgIpc) is 2.28. The molecule has 3 heteroatoms. The van der Waals surface area contributed by atoms with Crippen molar-refractivity contribution >= 4 is 11.6 Å². The maximum atomic E-state index is 11.6. The Morgan fingerprint density at radius 3 is 2.47 bits per heavy atom. The first-order chi connectivity index (χ1) is 7.19. The van der Waals surface area contributed by atoms with E-state index >= 15 is 0 Å². The minimum atomic E-state index is 0.0993. The summed E-state index contributed by atoms with van der Waals surface area (Å²) in [5.41, 5.74) is 1.43. The van der Waals surface area contributed by atoms with Gasteiger partial charge in [-0.3, -0.25) is 4.79 Å². The van der Waals surface area contributed by atoms with Crippen molar-refractivity contribution in [2.75, 3.05) is 11.9 Å². The van der Waals surface area contributed by atoms with Crippen LogP contribution in [-0.2, 0) is 4.79 Å². The van der Waals surface area contributed by atoms with Crippen molar-refractivity contribution in [1.29, 1.82) is 5.26 Å². The molecule has 0 fully saturated rings. The Morgan fingerprint density at radius 1 is 1.40 bits per heavy atom. The van der Waals surface area contributed by atoms with Gasteiger partial charge in [-0.15, -0.1) is 0 Å². The Hall–Kier alpha value is -1.82. The van der Waals surface area contributed by atoms with Gasteiger partial charge in [0, 0.05) is 19.2 Å². The van der Waals surface area contributed by atoms with Crippen molar-refractivity contribution in [1.82, 2.24) is 0 Å². The molecule has 0 unspecified atom stereocenters. The second kappa shape index (κ2) is 5.16. The largest absolute Gasteiger partial charge is 0.316 e. The molecule has 1 amide bonds. The first kappa shape index (κ1) is 11.3. The minimum Gasteiger partial charge on any atom is -0.316 e. The average molecular weight is 202 g/mol. The van der Waals surface area contributed by atoms with Gasteiger partial charge in [0.2, 0.25) is 5.91 Å². The molecule has 0 aliphatic carbocycles. The van der Waals surface area contributed by atoms with Gasteiger partial charge in [-0.05, 0) is 30.7 Å². The predicted octanol–water partition coefficient (Wildman–Crippen LogP) is 2.32. The molecule has 15 heavy (non-hydrogen) atoms. The number of hydrogen-bond acceptors (Lipinski definition) is 2. The molecule has 0 heterocycles. The zero-order chi connectivity index (χ0) is 11.3. The van der Waals surface area contributed by atoms with Crippen LogP contribution in [0.1, 0.15) is 25.3 Å². The van der Waals surface area contributed by atoms with Crippen LogP contribution in [-0.4, -0.2) is 13.0 Å². The number of benzene rings is 1. The third kappa shape index (κ3) is 2.81. The van der Waals surface area contributed by atoms with Crippen molar-refractivity contribution in [3.63, 3.8) is 0 Å². The molecule has 0 saturated heterocycles. The number of carbonyl (C=O) groups excluding carboxylic acids is 1. The standard InChI is InChI=1S/C12H14N2O/c1-3-4-12(15)14(2)11-7-5-10(9-13)6-8-11/h5-8H,3-4H2,1-2H3. The highest BCUT2D eigenvalue weighted by atomic mass is 16.2. The molecule has 0 saturated carbocycles. The molecule has 1 aromatic carbocycles. The van der Waals surface area contributed by atoms with Crippen LogP contribution in [0.4, 0.5) is 5.69 Å². The lowest BCUT2D eigenvalue weighted by Crippen LogP contribution is -2.25. The summed E-state index contributed by atoms with van der Waals surface area (Å²) in [5.74, 6) is 0.0993. The summed E-state index contributed by atoms with van der Waals surface area (Å²) < 4.78 is 0. The van der Waals surface area contributed by atoms with E-state index in [9.17, 15) is 4.79 Å². The van der Waals surface area contributed by atoms with Gasteiger partial charge in [-0.1, -0.05) is 6.92 Å². The van der Waals surface area contributed by atoms with Crippen LogP contribution in [0.2, 0.25) is 0 Å². The van der Waals surface area contributed by atoms with E-state index in [1.54, 1.807) is 36.2 Å². The lowest BCUT2D eigenvalue weighted by molar-refractivity contribution is -0.118. The molecule has 0 radical (unpaired) electrons. The number of nitrogens with zero attached hydrogens (tertiary/aromatic N) is 2. The Labute approximate surface area is 89.9 Å². The van der Waals surface area contributed by atoms with E-state index in [-0.39, 0.29) is 5.91 Å². The number of amides is 1. The summed E-state index contributed by atoms with van der Waals surface area (Å²) in [6.45, 7) is 1.98. The molecule has 1 aromatic rings. The summed E-state index contributed by atoms with van der Waals surface area (Å²) in [6.07, 6.45) is 1.40. The normalized spacial score (nSPS) is 9.40. The number of carbonyl (C=O) groups is 1. The molecule has 78 valence electrons. The highest BCUT2D eigenvalue weighted by molar-refractivity contribution is 5.92. The van der Waals surface area contributed by atoms with Gasteiger partial charge < -0.3 is 4.90 Å². The fourth-order valence-corrected chi connectivity index (χ4v) is 1.29. The lowest BCUT2D eigenvalue weighted by Gasteiger charge is -2.16. The van der Waals surface area contributed by atoms with Gasteiger partial charge in [0.25, 0.3) is 0 Å². The summed E-state index contributed by atoms with van der Waals surface area (Å²) in [7, 11) is 1.75. The van der Waals surface area contributed by atoms with E-state index in [2.05, 4.69) is 0 Å². The van der Waals surface area contributed by atoms with E-state index in [1.165, 1.54) is 0 Å². The van der Waals surface area contributed by atoms with Gasteiger partial charge >= 0.3 is 0 Å². The summed E-state index contributed by atoms with van der Waals surface area (Å²) in [4.78, 5) is 13.2. The Kier molecular flexibility index (Phi) is 3.87. The first-order valence-electron chi connectivity index (χ1n) is 4.95. The van der Waals surface area contributed by atoms with Gasteiger partial charge in [0.15, 0.2) is 0 Å². The highest BCUT2D eigenvalue weighted by Crippen LogP contribution is 2.14. The SMILES string of the molecule is CCCC(=O)N(C)c1ccc(C#N)cc1. The van der Waals surface area contributed by atoms with Crippen LogP contribution < -0.4 is 4.90 Å². The van der Waals surface area contributed by atoms with Crippen molar-refractivity contribution in [2.24, 2.45) is 0 Å². The summed E-state index contributed by atoms with van der Waals surface area (Å²) >= 11 is 0. The molecule has 0 atom stereocenters. The van der Waals surface area contributed by atoms with E-state index < -0.39 is 0 Å². The van der Waals surface area contributed by atoms with E-state index in [0.717, 1.165) is 12.1 Å². The Balaban J connectivity index is 2.79. The molecule has 0 spiro atoms. The molecule has 1 rings (SSSR count). The molecular formula is C12H14N2O. The molecule has 0 aliphatic rings. The van der Waals surface area contributed by atoms with Crippen LogP contribution >= 0.6 is 0 Å². The topological polar surface area (TPSA) is 44.1 Å². The van der Waals surface area contributed by atoms with Gasteiger partial charge in [-0.25, -0.2) is 0 Å². The number of anilines is 1. The second-order valence-electron chi connectivity index (χ2n) is 3.36. The summed E-state index contributed by atoms with van der Waals surface area (Å²) in [6, 6.07) is 9.04. The minimum absolute atomic E-state index is 0.0993. The third-order valence-electron chi connectivity index (χ3n) is 2.22. The fraction of sp³-hybridized carbons (Fsp3) is 0.333. The molecule has 0 aromatic heterocycles. The Bertz CT molecular complexity index is 376. The predicted molar refractivity (Wildman–Crippen MR) is 59.5 cm³/mol. The lowest BCUT2D eigenvalue weighted by atomic mass is 10.2. The Morgan fingerprint density at radius 2 is 2.00 bits per heavy atom. The smallest absolute Gasteiger partial charge is 0.226 e. The number of hydrogen-bond donors (Lipinski definition) is 0. The van der Waals surface area contributed by atoms with Crippen LogP contribution in [0, 0.1) is 11.3 Å². The van der Waals surface area contributed by atoms with Crippen LogP contribution in [0.25, 0.3) is 0 Å².